The normalized spacial score (nSPS) is 25.7. The van der Waals surface area contributed by atoms with Crippen LogP contribution in [0.15, 0.2) is 42.7 Å². The van der Waals surface area contributed by atoms with E-state index in [0.717, 1.165) is 17.8 Å². The quantitative estimate of drug-likeness (QED) is 0.129. The van der Waals surface area contributed by atoms with Crippen molar-refractivity contribution in [3.8, 4) is 6.07 Å². The molecular formula is C28H36N7O8P. The smallest absolute Gasteiger partial charge is 0.432 e. The lowest BCUT2D eigenvalue weighted by Gasteiger charge is -2.25. The second-order valence-electron chi connectivity index (χ2n) is 10.9. The number of nitrogens with two attached hydrogens (primary N) is 1. The Labute approximate surface area is 254 Å². The van der Waals surface area contributed by atoms with Crippen molar-refractivity contribution in [1.82, 2.24) is 19.7 Å². The van der Waals surface area contributed by atoms with E-state index in [1.165, 1.54) is 10.8 Å². The van der Waals surface area contributed by atoms with Crippen LogP contribution in [0, 0.1) is 17.2 Å². The second kappa shape index (κ2) is 13.1. The summed E-state index contributed by atoms with van der Waals surface area (Å²) >= 11 is 0. The average Bonchev–Trinajstić information content (AvgIpc) is 3.68. The molecule has 4 heterocycles. The number of hydrogen-bond acceptors (Lipinski definition) is 13. The maximum absolute atomic E-state index is 13.8. The summed E-state index contributed by atoms with van der Waals surface area (Å²) in [6, 6.07) is 13.4. The summed E-state index contributed by atoms with van der Waals surface area (Å²) in [4.78, 5) is 15.8. The molecule has 5 N–H and O–H groups in total. The first-order valence-corrected chi connectivity index (χ1v) is 15.8. The lowest BCUT2D eigenvalue weighted by molar-refractivity contribution is -0.0563. The molecule has 0 amide bonds. The van der Waals surface area contributed by atoms with Crippen molar-refractivity contribution in [2.45, 2.75) is 57.0 Å². The number of aliphatic hydroxyl groups is 1. The van der Waals surface area contributed by atoms with Crippen LogP contribution in [0.25, 0.3) is 5.52 Å². The van der Waals surface area contributed by atoms with Gasteiger partial charge in [-0.1, -0.05) is 25.1 Å². The first kappa shape index (κ1) is 31.6. The summed E-state index contributed by atoms with van der Waals surface area (Å²) in [5, 5.41) is 31.8. The third kappa shape index (κ3) is 6.37. The maximum atomic E-state index is 13.8. The van der Waals surface area contributed by atoms with Crippen molar-refractivity contribution in [2.75, 3.05) is 37.5 Å². The molecule has 2 aliphatic rings. The van der Waals surface area contributed by atoms with Crippen molar-refractivity contribution >= 4 is 30.9 Å². The Morgan fingerprint density at radius 2 is 2.14 bits per heavy atom. The molecule has 1 fully saturated rings. The molecule has 1 aromatic carbocycles. The van der Waals surface area contributed by atoms with Crippen LogP contribution in [0.1, 0.15) is 44.4 Å². The number of benzene rings is 1. The van der Waals surface area contributed by atoms with Crippen molar-refractivity contribution in [3.63, 3.8) is 0 Å². The Kier molecular flexibility index (Phi) is 9.40. The van der Waals surface area contributed by atoms with Gasteiger partial charge in [-0.3, -0.25) is 9.05 Å². The number of nitrogen functional groups attached to an aromatic ring is 1. The Hall–Kier alpha value is -3.77. The molecule has 6 atom stereocenters. The summed E-state index contributed by atoms with van der Waals surface area (Å²) in [6.45, 7) is 4.80. The molecule has 16 heteroatoms. The van der Waals surface area contributed by atoms with Crippen LogP contribution in [0.3, 0.4) is 0 Å². The SMILES string of the molecule is CC(C)OC(=O)OCOP(=O)(NCCC1CNc2ccccc21)OC[C@H]1O[C@@](C#N)(c2ccc3c(N)ncnn23)[C@@H](C)[C@@H]1O. The zero-order valence-corrected chi connectivity index (χ0v) is 25.5. The average molecular weight is 630 g/mol. The van der Waals surface area contributed by atoms with Gasteiger partial charge in [-0.2, -0.15) is 10.4 Å². The molecule has 0 saturated carbocycles. The highest BCUT2D eigenvalue weighted by Crippen LogP contribution is 2.48. The summed E-state index contributed by atoms with van der Waals surface area (Å²) in [5.41, 5.74) is 7.35. The predicted molar refractivity (Wildman–Crippen MR) is 157 cm³/mol. The summed E-state index contributed by atoms with van der Waals surface area (Å²) in [5.74, 6) is -0.366. The van der Waals surface area contributed by atoms with Crippen LogP contribution in [-0.2, 0) is 33.4 Å². The Morgan fingerprint density at radius 3 is 2.91 bits per heavy atom. The molecule has 0 spiro atoms. The summed E-state index contributed by atoms with van der Waals surface area (Å²) in [7, 11) is -4.13. The Balaban J connectivity index is 1.28. The van der Waals surface area contributed by atoms with E-state index in [-0.39, 0.29) is 18.3 Å². The highest BCUT2D eigenvalue weighted by atomic mass is 31.2. The fourth-order valence-corrected chi connectivity index (χ4v) is 6.68. The minimum absolute atomic E-state index is 0.163. The number of nitriles is 1. The van der Waals surface area contributed by atoms with Gasteiger partial charge in [0.05, 0.1) is 24.5 Å². The standard InChI is InChI=1S/C28H36N7O8P/c1-17(2)42-27(37)39-16-41-44(38,34-11-10-19-12-31-21-7-5-4-6-20(19)21)40-13-23-25(36)18(3)28(14-29,43-23)24-9-8-22-26(30)32-15-33-35(22)24/h4-9,15,17-19,23,25,31,36H,10-13,16H2,1-3H3,(H,34,38)(H2,30,32,33)/t18-,19?,23+,25-,28+,44?/m0/s1. The molecule has 44 heavy (non-hydrogen) atoms. The van der Waals surface area contributed by atoms with Crippen LogP contribution in [0.5, 0.6) is 0 Å². The van der Waals surface area contributed by atoms with Gasteiger partial charge in [-0.05, 0) is 44.0 Å². The van der Waals surface area contributed by atoms with Gasteiger partial charge in [0, 0.05) is 30.6 Å². The molecule has 2 aromatic heterocycles. The van der Waals surface area contributed by atoms with Gasteiger partial charge in [-0.25, -0.2) is 23.9 Å². The molecule has 2 unspecified atom stereocenters. The van der Waals surface area contributed by atoms with Gasteiger partial charge in [0.1, 0.15) is 24.0 Å². The maximum Gasteiger partial charge on any atom is 0.510 e. The number of nitrogens with zero attached hydrogens (tertiary/aromatic N) is 4. The number of para-hydroxylation sites is 1. The molecule has 15 nitrogen and oxygen atoms in total. The van der Waals surface area contributed by atoms with E-state index < -0.39 is 57.1 Å². The van der Waals surface area contributed by atoms with E-state index in [4.69, 9.17) is 29.0 Å². The number of nitrogens with one attached hydrogen (secondary N) is 2. The van der Waals surface area contributed by atoms with Crippen LogP contribution in [0.2, 0.25) is 0 Å². The molecule has 5 rings (SSSR count). The second-order valence-corrected chi connectivity index (χ2v) is 12.7. The van der Waals surface area contributed by atoms with E-state index in [0.29, 0.717) is 17.6 Å². The van der Waals surface area contributed by atoms with Crippen molar-refractivity contribution in [2.24, 2.45) is 5.92 Å². The number of aromatic nitrogens is 3. The number of aliphatic hydroxyl groups excluding tert-OH is 1. The lowest BCUT2D eigenvalue weighted by Crippen LogP contribution is -2.34. The van der Waals surface area contributed by atoms with Gasteiger partial charge >= 0.3 is 13.9 Å². The minimum atomic E-state index is -4.13. The fourth-order valence-electron chi connectivity index (χ4n) is 5.48. The number of fused-ring (bicyclic) bond motifs is 2. The van der Waals surface area contributed by atoms with Crippen LogP contribution in [0.4, 0.5) is 16.3 Å². The molecule has 3 aromatic rings. The zero-order chi connectivity index (χ0) is 31.5. The third-order valence-corrected chi connectivity index (χ3v) is 9.32. The van der Waals surface area contributed by atoms with Gasteiger partial charge in [0.25, 0.3) is 0 Å². The number of carbonyl (C=O) groups excluding carboxylic acids is 1. The number of rotatable bonds is 12. The molecule has 0 bridgehead atoms. The van der Waals surface area contributed by atoms with Crippen molar-refractivity contribution < 1.29 is 37.7 Å². The predicted octanol–water partition coefficient (Wildman–Crippen LogP) is 3.28. The van der Waals surface area contributed by atoms with Crippen molar-refractivity contribution in [1.29, 1.82) is 5.26 Å². The lowest BCUT2D eigenvalue weighted by atomic mass is 9.85. The Bertz CT molecular complexity index is 1580. The van der Waals surface area contributed by atoms with Gasteiger partial charge < -0.3 is 30.4 Å². The largest absolute Gasteiger partial charge is 0.510 e. The number of ether oxygens (including phenoxy) is 3. The molecule has 1 saturated heterocycles. The van der Waals surface area contributed by atoms with Crippen LogP contribution in [-0.4, -0.2) is 70.7 Å². The topological polar surface area (TPSA) is 205 Å². The van der Waals surface area contributed by atoms with E-state index in [9.17, 15) is 19.7 Å². The first-order valence-electron chi connectivity index (χ1n) is 14.2. The van der Waals surface area contributed by atoms with Crippen LogP contribution < -0.4 is 16.1 Å². The summed E-state index contributed by atoms with van der Waals surface area (Å²) in [6.07, 6.45) is -1.83. The van der Waals surface area contributed by atoms with E-state index in [1.54, 1.807) is 32.9 Å². The van der Waals surface area contributed by atoms with E-state index in [2.05, 4.69) is 26.6 Å². The molecular weight excluding hydrogens is 593 g/mol. The number of hydrogen-bond donors (Lipinski definition) is 4. The van der Waals surface area contributed by atoms with Crippen LogP contribution >= 0.6 is 7.75 Å². The van der Waals surface area contributed by atoms with E-state index in [1.807, 2.05) is 24.3 Å². The van der Waals surface area contributed by atoms with E-state index >= 15 is 0 Å². The Morgan fingerprint density at radius 1 is 1.34 bits per heavy atom. The van der Waals surface area contributed by atoms with Crippen molar-refractivity contribution in [3.05, 3.63) is 54.0 Å². The molecule has 236 valence electrons. The highest BCUT2D eigenvalue weighted by molar-refractivity contribution is 7.51. The number of anilines is 2. The fraction of sp³-hybridized carbons (Fsp3) is 0.500. The third-order valence-electron chi connectivity index (χ3n) is 7.78. The molecule has 2 aliphatic heterocycles. The zero-order valence-electron chi connectivity index (χ0n) is 24.6. The minimum Gasteiger partial charge on any atom is -0.432 e. The first-order chi connectivity index (χ1) is 21.1. The monoisotopic (exact) mass is 629 g/mol. The molecule has 0 radical (unpaired) electrons. The van der Waals surface area contributed by atoms with Gasteiger partial charge in [0.2, 0.25) is 12.4 Å². The summed E-state index contributed by atoms with van der Waals surface area (Å²) < 4.78 is 42.3. The van der Waals surface area contributed by atoms with Gasteiger partial charge in [-0.15, -0.1) is 0 Å². The highest BCUT2D eigenvalue weighted by Gasteiger charge is 2.56. The molecule has 0 aliphatic carbocycles. The number of carbonyl (C=O) groups is 1. The van der Waals surface area contributed by atoms with Gasteiger partial charge in [0.15, 0.2) is 5.82 Å².